The fourth-order valence-corrected chi connectivity index (χ4v) is 2.91. The van der Waals surface area contributed by atoms with Crippen LogP contribution in [0.4, 0.5) is 10.1 Å². The molecule has 0 unspecified atom stereocenters. The zero-order valence-corrected chi connectivity index (χ0v) is 11.7. The standard InChI is InChI=1S/C15H15FN2OS/c16-10-3-6-13(14(17)8-10)15(19)18(11-4-5-11)9-12-2-1-7-20-12/h1-3,6-8,11H,4-5,9,17H2. The molecule has 3 nitrogen and oxygen atoms in total. The lowest BCUT2D eigenvalue weighted by Crippen LogP contribution is -2.32. The van der Waals surface area contributed by atoms with Crippen LogP contribution in [0.25, 0.3) is 0 Å². The summed E-state index contributed by atoms with van der Waals surface area (Å²) in [5.74, 6) is -0.534. The molecule has 20 heavy (non-hydrogen) atoms. The minimum absolute atomic E-state index is 0.113. The van der Waals surface area contributed by atoms with Gasteiger partial charge in [-0.05, 0) is 42.5 Å². The van der Waals surface area contributed by atoms with Crippen molar-refractivity contribution >= 4 is 22.9 Å². The van der Waals surface area contributed by atoms with E-state index in [0.717, 1.165) is 17.7 Å². The molecule has 1 aliphatic rings. The molecule has 1 aromatic carbocycles. The van der Waals surface area contributed by atoms with Crippen molar-refractivity contribution in [2.45, 2.75) is 25.4 Å². The summed E-state index contributed by atoms with van der Waals surface area (Å²) < 4.78 is 13.1. The van der Waals surface area contributed by atoms with Crippen LogP contribution in [0.5, 0.6) is 0 Å². The van der Waals surface area contributed by atoms with Gasteiger partial charge >= 0.3 is 0 Å². The average Bonchev–Trinajstić information content (AvgIpc) is 3.12. The maximum Gasteiger partial charge on any atom is 0.256 e. The van der Waals surface area contributed by atoms with Gasteiger partial charge in [-0.2, -0.15) is 0 Å². The van der Waals surface area contributed by atoms with Gasteiger partial charge in [0, 0.05) is 16.6 Å². The van der Waals surface area contributed by atoms with Crippen LogP contribution in [0, 0.1) is 5.82 Å². The second kappa shape index (κ2) is 5.25. The van der Waals surface area contributed by atoms with Crippen molar-refractivity contribution in [1.29, 1.82) is 0 Å². The second-order valence-electron chi connectivity index (χ2n) is 4.98. The molecule has 1 saturated carbocycles. The first-order valence-electron chi connectivity index (χ1n) is 6.53. The Bertz CT molecular complexity index is 623. The summed E-state index contributed by atoms with van der Waals surface area (Å²) in [6, 6.07) is 8.22. The highest BCUT2D eigenvalue weighted by Gasteiger charge is 2.33. The van der Waals surface area contributed by atoms with E-state index in [4.69, 9.17) is 5.73 Å². The van der Waals surface area contributed by atoms with E-state index in [9.17, 15) is 9.18 Å². The number of carbonyl (C=O) groups excluding carboxylic acids is 1. The highest BCUT2D eigenvalue weighted by Crippen LogP contribution is 2.31. The predicted octanol–water partition coefficient (Wildman–Crippen LogP) is 3.27. The number of halogens is 1. The minimum atomic E-state index is -0.421. The number of nitrogen functional groups attached to an aromatic ring is 1. The number of anilines is 1. The molecule has 0 aliphatic heterocycles. The lowest BCUT2D eigenvalue weighted by molar-refractivity contribution is 0.0732. The lowest BCUT2D eigenvalue weighted by atomic mass is 10.1. The molecule has 1 aromatic heterocycles. The molecule has 0 bridgehead atoms. The summed E-state index contributed by atoms with van der Waals surface area (Å²) >= 11 is 1.63. The van der Waals surface area contributed by atoms with E-state index < -0.39 is 5.82 Å². The number of thiophene rings is 1. The van der Waals surface area contributed by atoms with Crippen molar-refractivity contribution < 1.29 is 9.18 Å². The van der Waals surface area contributed by atoms with Gasteiger partial charge in [-0.3, -0.25) is 4.79 Å². The zero-order chi connectivity index (χ0) is 14.1. The molecule has 2 aromatic rings. The summed E-state index contributed by atoms with van der Waals surface area (Å²) in [7, 11) is 0. The number of nitrogens with two attached hydrogens (primary N) is 1. The molecule has 0 radical (unpaired) electrons. The molecule has 1 aliphatic carbocycles. The molecule has 0 atom stereocenters. The third kappa shape index (κ3) is 2.67. The Balaban J connectivity index is 1.85. The van der Waals surface area contributed by atoms with Crippen molar-refractivity contribution in [3.63, 3.8) is 0 Å². The van der Waals surface area contributed by atoms with Gasteiger partial charge in [0.05, 0.1) is 12.1 Å². The van der Waals surface area contributed by atoms with Gasteiger partial charge in [-0.15, -0.1) is 11.3 Å². The number of hydrogen-bond donors (Lipinski definition) is 1. The normalized spacial score (nSPS) is 14.2. The van der Waals surface area contributed by atoms with Gasteiger partial charge in [-0.25, -0.2) is 4.39 Å². The van der Waals surface area contributed by atoms with E-state index in [1.54, 1.807) is 11.3 Å². The molecule has 1 heterocycles. The molecule has 1 fully saturated rings. The van der Waals surface area contributed by atoms with Crippen molar-refractivity contribution in [3.8, 4) is 0 Å². The summed E-state index contributed by atoms with van der Waals surface area (Å²) in [5, 5.41) is 2.00. The van der Waals surface area contributed by atoms with Crippen molar-refractivity contribution in [1.82, 2.24) is 4.90 Å². The molecule has 0 spiro atoms. The Morgan fingerprint density at radius 2 is 2.20 bits per heavy atom. The van der Waals surface area contributed by atoms with Crippen LogP contribution in [-0.4, -0.2) is 16.8 Å². The first kappa shape index (κ1) is 13.1. The van der Waals surface area contributed by atoms with Gasteiger partial charge < -0.3 is 10.6 Å². The first-order valence-corrected chi connectivity index (χ1v) is 7.41. The first-order chi connectivity index (χ1) is 9.65. The number of benzene rings is 1. The highest BCUT2D eigenvalue weighted by molar-refractivity contribution is 7.09. The van der Waals surface area contributed by atoms with Crippen molar-refractivity contribution in [2.24, 2.45) is 0 Å². The van der Waals surface area contributed by atoms with E-state index >= 15 is 0 Å². The molecular formula is C15H15FN2OS. The van der Waals surface area contributed by atoms with Crippen LogP contribution in [0.2, 0.25) is 0 Å². The maximum atomic E-state index is 13.1. The van der Waals surface area contributed by atoms with Crippen LogP contribution in [-0.2, 0) is 6.54 Å². The summed E-state index contributed by atoms with van der Waals surface area (Å²) in [6.45, 7) is 0.595. The number of rotatable bonds is 4. The third-order valence-electron chi connectivity index (χ3n) is 3.40. The summed E-state index contributed by atoms with van der Waals surface area (Å²) in [4.78, 5) is 15.6. The minimum Gasteiger partial charge on any atom is -0.398 e. The van der Waals surface area contributed by atoms with Crippen LogP contribution in [0.3, 0.4) is 0 Å². The van der Waals surface area contributed by atoms with Gasteiger partial charge in [-0.1, -0.05) is 6.07 Å². The Morgan fingerprint density at radius 3 is 2.80 bits per heavy atom. The lowest BCUT2D eigenvalue weighted by Gasteiger charge is -2.22. The Morgan fingerprint density at radius 1 is 1.40 bits per heavy atom. The fraction of sp³-hybridized carbons (Fsp3) is 0.267. The van der Waals surface area contributed by atoms with Gasteiger partial charge in [0.15, 0.2) is 0 Å². The number of carbonyl (C=O) groups is 1. The van der Waals surface area contributed by atoms with Crippen LogP contribution in [0.1, 0.15) is 28.1 Å². The number of amides is 1. The zero-order valence-electron chi connectivity index (χ0n) is 10.9. The molecular weight excluding hydrogens is 275 g/mol. The number of nitrogens with zero attached hydrogens (tertiary/aromatic N) is 1. The van der Waals surface area contributed by atoms with E-state index in [2.05, 4.69) is 0 Å². The Labute approximate surface area is 120 Å². The van der Waals surface area contributed by atoms with Crippen molar-refractivity contribution in [2.75, 3.05) is 5.73 Å². The smallest absolute Gasteiger partial charge is 0.256 e. The SMILES string of the molecule is Nc1cc(F)ccc1C(=O)N(Cc1cccs1)C1CC1. The molecule has 2 N–H and O–H groups in total. The fourth-order valence-electron chi connectivity index (χ4n) is 2.21. The number of hydrogen-bond acceptors (Lipinski definition) is 3. The Kier molecular flexibility index (Phi) is 3.44. The van der Waals surface area contributed by atoms with Crippen LogP contribution in [0.15, 0.2) is 35.7 Å². The van der Waals surface area contributed by atoms with Crippen LogP contribution < -0.4 is 5.73 Å². The predicted molar refractivity (Wildman–Crippen MR) is 78.0 cm³/mol. The van der Waals surface area contributed by atoms with Gasteiger partial charge in [0.25, 0.3) is 5.91 Å². The molecule has 104 valence electrons. The Hall–Kier alpha value is -1.88. The summed E-state index contributed by atoms with van der Waals surface area (Å²) in [6.07, 6.45) is 2.05. The average molecular weight is 290 g/mol. The topological polar surface area (TPSA) is 46.3 Å². The second-order valence-corrected chi connectivity index (χ2v) is 6.01. The van der Waals surface area contributed by atoms with Gasteiger partial charge in [0.1, 0.15) is 5.82 Å². The largest absolute Gasteiger partial charge is 0.398 e. The van der Waals surface area contributed by atoms with Gasteiger partial charge in [0.2, 0.25) is 0 Å². The monoisotopic (exact) mass is 290 g/mol. The maximum absolute atomic E-state index is 13.1. The van der Waals surface area contributed by atoms with E-state index in [1.807, 2.05) is 22.4 Å². The summed E-state index contributed by atoms with van der Waals surface area (Å²) in [5.41, 5.74) is 6.35. The molecule has 3 rings (SSSR count). The molecule has 5 heteroatoms. The van der Waals surface area contributed by atoms with E-state index in [1.165, 1.54) is 18.2 Å². The van der Waals surface area contributed by atoms with Crippen molar-refractivity contribution in [3.05, 3.63) is 52.0 Å². The van der Waals surface area contributed by atoms with E-state index in [-0.39, 0.29) is 17.6 Å². The van der Waals surface area contributed by atoms with E-state index in [0.29, 0.717) is 12.1 Å². The molecule has 1 amide bonds. The highest BCUT2D eigenvalue weighted by atomic mass is 32.1. The molecule has 0 saturated heterocycles. The van der Waals surface area contributed by atoms with Crippen LogP contribution >= 0.6 is 11.3 Å². The quantitative estimate of drug-likeness (QED) is 0.878. The third-order valence-corrected chi connectivity index (χ3v) is 4.26.